The Labute approximate surface area is 185 Å². The molecule has 0 aliphatic carbocycles. The molecule has 1 aromatic rings. The molecule has 1 aromatic carbocycles. The van der Waals surface area contributed by atoms with Crippen molar-refractivity contribution < 1.29 is 0 Å². The van der Waals surface area contributed by atoms with Gasteiger partial charge in [0.05, 0.1) is 0 Å². The summed E-state index contributed by atoms with van der Waals surface area (Å²) in [7, 11) is 0.0279. The molecule has 0 aliphatic rings. The summed E-state index contributed by atoms with van der Waals surface area (Å²) in [6.45, 7) is 11.7. The van der Waals surface area contributed by atoms with Crippen molar-refractivity contribution in [1.29, 1.82) is 0 Å². The van der Waals surface area contributed by atoms with Crippen LogP contribution in [0.1, 0.15) is 128 Å². The Balaban J connectivity index is 3.24. The second kappa shape index (κ2) is 17.3. The van der Waals surface area contributed by atoms with Crippen molar-refractivity contribution in [3.05, 3.63) is 28.8 Å². The molecule has 0 radical (unpaired) electrons. The summed E-state index contributed by atoms with van der Waals surface area (Å²) in [5.74, 6) is 0. The van der Waals surface area contributed by atoms with E-state index in [1.807, 2.05) is 10.9 Å². The second-order valence-electron chi connectivity index (χ2n) is 8.91. The molecule has 0 saturated heterocycles. The van der Waals surface area contributed by atoms with Crippen molar-refractivity contribution >= 4 is 13.2 Å². The van der Waals surface area contributed by atoms with Crippen molar-refractivity contribution in [2.75, 3.05) is 12.3 Å². The number of aryl methyl sites for hydroxylation is 1. The zero-order chi connectivity index (χ0) is 21.3. The van der Waals surface area contributed by atoms with Crippen molar-refractivity contribution in [3.63, 3.8) is 0 Å². The first-order chi connectivity index (χ1) is 14.2. The first-order valence-corrected chi connectivity index (χ1v) is 14.8. The molecule has 0 amide bonds. The third kappa shape index (κ3) is 10.0. The maximum Gasteiger partial charge on any atom is -0.0206 e. The highest BCUT2D eigenvalue weighted by molar-refractivity contribution is 7.65. The van der Waals surface area contributed by atoms with Crippen molar-refractivity contribution in [1.82, 2.24) is 0 Å². The molecule has 0 spiro atoms. The molecule has 0 saturated carbocycles. The van der Waals surface area contributed by atoms with Crippen molar-refractivity contribution in [2.45, 2.75) is 131 Å². The van der Waals surface area contributed by atoms with Gasteiger partial charge in [0, 0.05) is 0 Å². The van der Waals surface area contributed by atoms with Gasteiger partial charge in [-0.1, -0.05) is 99.6 Å². The molecule has 0 bridgehead atoms. The summed E-state index contributed by atoms with van der Waals surface area (Å²) < 4.78 is 0. The van der Waals surface area contributed by atoms with Crippen LogP contribution in [0.5, 0.6) is 0 Å². The topological polar surface area (TPSA) is 0 Å². The zero-order valence-corrected chi connectivity index (χ0v) is 21.5. The zero-order valence-electron chi connectivity index (χ0n) is 20.6. The Hall–Kier alpha value is -0.350. The monoisotopic (exact) mass is 418 g/mol. The van der Waals surface area contributed by atoms with Crippen LogP contribution in [-0.2, 0) is 19.3 Å². The third-order valence-corrected chi connectivity index (χ3v) is 9.08. The lowest BCUT2D eigenvalue weighted by atomic mass is 9.91. The maximum atomic E-state index is 2.60. The molecule has 0 heterocycles. The lowest BCUT2D eigenvalue weighted by Gasteiger charge is -2.26. The molecule has 0 aliphatic heterocycles. The Kier molecular flexibility index (Phi) is 16.0. The van der Waals surface area contributed by atoms with Gasteiger partial charge < -0.3 is 0 Å². The lowest BCUT2D eigenvalue weighted by Crippen LogP contribution is -2.17. The minimum Gasteiger partial charge on any atom is -0.0750 e. The molecule has 1 heteroatoms. The summed E-state index contributed by atoms with van der Waals surface area (Å²) >= 11 is 0. The van der Waals surface area contributed by atoms with Crippen LogP contribution in [0.3, 0.4) is 0 Å². The molecule has 1 rings (SSSR count). The van der Waals surface area contributed by atoms with Gasteiger partial charge in [0.25, 0.3) is 0 Å². The van der Waals surface area contributed by atoms with Gasteiger partial charge in [0.15, 0.2) is 0 Å². The molecular formula is C28H51P. The van der Waals surface area contributed by atoms with Crippen LogP contribution >= 0.6 is 7.92 Å². The van der Waals surface area contributed by atoms with Crippen LogP contribution in [0.25, 0.3) is 0 Å². The fourth-order valence-electron chi connectivity index (χ4n) is 4.36. The van der Waals surface area contributed by atoms with E-state index < -0.39 is 0 Å². The van der Waals surface area contributed by atoms with E-state index in [0.717, 1.165) is 0 Å². The molecule has 1 unspecified atom stereocenters. The minimum atomic E-state index is 0.0279. The standard InChI is InChI=1S/C28H51P/c1-6-11-16-17-24-29(23-15-10-5)28-22-21-25(18-12-7-2)26(19-13-8-3)27(28)20-14-9-4/h21-22H,6-20,23-24H2,1-5H3. The molecule has 1 atom stereocenters. The predicted molar refractivity (Wildman–Crippen MR) is 138 cm³/mol. The quantitative estimate of drug-likeness (QED) is 0.165. The lowest BCUT2D eigenvalue weighted by molar-refractivity contribution is 0.704. The first-order valence-electron chi connectivity index (χ1n) is 13.1. The van der Waals surface area contributed by atoms with Crippen LogP contribution in [-0.4, -0.2) is 12.3 Å². The average Bonchev–Trinajstić information content (AvgIpc) is 2.74. The largest absolute Gasteiger partial charge is 0.0750 e. The normalized spacial score (nSPS) is 12.4. The summed E-state index contributed by atoms with van der Waals surface area (Å²) in [5.41, 5.74) is 5.28. The van der Waals surface area contributed by atoms with Gasteiger partial charge >= 0.3 is 0 Å². The molecule has 0 N–H and O–H groups in total. The number of hydrogen-bond acceptors (Lipinski definition) is 0. The number of hydrogen-bond donors (Lipinski definition) is 0. The van der Waals surface area contributed by atoms with Gasteiger partial charge in [-0.3, -0.25) is 0 Å². The van der Waals surface area contributed by atoms with E-state index in [0.29, 0.717) is 0 Å². The first kappa shape index (κ1) is 26.7. The van der Waals surface area contributed by atoms with Crippen LogP contribution in [0, 0.1) is 0 Å². The highest BCUT2D eigenvalue weighted by Crippen LogP contribution is 2.40. The summed E-state index contributed by atoms with van der Waals surface area (Å²) in [4.78, 5) is 0. The maximum absolute atomic E-state index is 2.60. The van der Waals surface area contributed by atoms with Gasteiger partial charge in [-0.25, -0.2) is 0 Å². The molecule has 29 heavy (non-hydrogen) atoms. The Morgan fingerprint density at radius 3 is 1.69 bits per heavy atom. The molecule has 0 fully saturated rings. The SMILES string of the molecule is CCCCCCP(CCCC)c1ccc(CCCC)c(CCCC)c1CCCC. The van der Waals surface area contributed by atoms with Gasteiger partial charge in [0.2, 0.25) is 0 Å². The van der Waals surface area contributed by atoms with Crippen LogP contribution < -0.4 is 5.30 Å². The van der Waals surface area contributed by atoms with E-state index in [2.05, 4.69) is 46.8 Å². The van der Waals surface area contributed by atoms with E-state index in [9.17, 15) is 0 Å². The Morgan fingerprint density at radius 1 is 0.517 bits per heavy atom. The van der Waals surface area contributed by atoms with Gasteiger partial charge in [-0.05, 0) is 85.7 Å². The fraction of sp³-hybridized carbons (Fsp3) is 0.786. The molecule has 0 aromatic heterocycles. The van der Waals surface area contributed by atoms with Crippen molar-refractivity contribution in [3.8, 4) is 0 Å². The van der Waals surface area contributed by atoms with E-state index in [-0.39, 0.29) is 7.92 Å². The van der Waals surface area contributed by atoms with Crippen molar-refractivity contribution in [2.24, 2.45) is 0 Å². The predicted octanol–water partition coefficient (Wildman–Crippen LogP) is 9.20. The van der Waals surface area contributed by atoms with Crippen LogP contribution in [0.2, 0.25) is 0 Å². The second-order valence-corrected chi connectivity index (χ2v) is 11.4. The molecular weight excluding hydrogens is 367 g/mol. The summed E-state index contributed by atoms with van der Waals surface area (Å²) in [5, 5.41) is 1.81. The number of rotatable bonds is 18. The highest BCUT2D eigenvalue weighted by Gasteiger charge is 2.19. The van der Waals surface area contributed by atoms with E-state index in [1.54, 1.807) is 11.1 Å². The number of unbranched alkanes of at least 4 members (excludes halogenated alkanes) is 7. The Bertz CT molecular complexity index is 519. The minimum absolute atomic E-state index is 0.0279. The smallest absolute Gasteiger partial charge is 0.0206 e. The molecule has 0 nitrogen and oxygen atoms in total. The molecule has 168 valence electrons. The highest BCUT2D eigenvalue weighted by atomic mass is 31.1. The third-order valence-electron chi connectivity index (χ3n) is 6.27. The van der Waals surface area contributed by atoms with Gasteiger partial charge in [-0.2, -0.15) is 0 Å². The number of benzene rings is 1. The fourth-order valence-corrected chi connectivity index (χ4v) is 7.28. The van der Waals surface area contributed by atoms with Crippen LogP contribution in [0.4, 0.5) is 0 Å². The average molecular weight is 419 g/mol. The Morgan fingerprint density at radius 2 is 1.07 bits per heavy atom. The van der Waals surface area contributed by atoms with E-state index in [4.69, 9.17) is 0 Å². The van der Waals surface area contributed by atoms with E-state index in [1.165, 1.54) is 109 Å². The summed E-state index contributed by atoms with van der Waals surface area (Å²) in [6.07, 6.45) is 23.2. The summed E-state index contributed by atoms with van der Waals surface area (Å²) in [6, 6.07) is 5.16. The van der Waals surface area contributed by atoms with Gasteiger partial charge in [-0.15, -0.1) is 0 Å². The van der Waals surface area contributed by atoms with Gasteiger partial charge in [0.1, 0.15) is 0 Å². The van der Waals surface area contributed by atoms with E-state index >= 15 is 0 Å². The van der Waals surface area contributed by atoms with Crippen LogP contribution in [0.15, 0.2) is 12.1 Å².